The van der Waals surface area contributed by atoms with Gasteiger partial charge in [0.05, 0.1) is 4.92 Å². The summed E-state index contributed by atoms with van der Waals surface area (Å²) in [7, 11) is 0. The summed E-state index contributed by atoms with van der Waals surface area (Å²) in [4.78, 5) is 13.7. The summed E-state index contributed by atoms with van der Waals surface area (Å²) >= 11 is 0. The number of anilines is 1. The fourth-order valence-electron chi connectivity index (χ4n) is 0.980. The highest BCUT2D eigenvalue weighted by molar-refractivity contribution is 5.50. The van der Waals surface area contributed by atoms with E-state index in [1.807, 2.05) is 0 Å². The summed E-state index contributed by atoms with van der Waals surface area (Å²) < 4.78 is 0. The lowest BCUT2D eigenvalue weighted by molar-refractivity contribution is -0.418. The summed E-state index contributed by atoms with van der Waals surface area (Å²) in [6.07, 6.45) is 6.03. The second-order valence-electron chi connectivity index (χ2n) is 2.91. The molecule has 0 aliphatic carbocycles. The van der Waals surface area contributed by atoms with E-state index in [4.69, 9.17) is 0 Å². The number of nitro groups is 1. The maximum absolute atomic E-state index is 10.4. The van der Waals surface area contributed by atoms with Crippen molar-refractivity contribution >= 4 is 5.69 Å². The van der Waals surface area contributed by atoms with Crippen LogP contribution >= 0.6 is 0 Å². The minimum atomic E-state index is -0.558. The van der Waals surface area contributed by atoms with E-state index in [0.717, 1.165) is 5.69 Å². The first-order valence-corrected chi connectivity index (χ1v) is 4.48. The molecule has 1 aromatic rings. The number of hydrogen-bond donors (Lipinski definition) is 1. The van der Waals surface area contributed by atoms with E-state index in [1.165, 1.54) is 12.2 Å². The van der Waals surface area contributed by atoms with Gasteiger partial charge in [0.25, 0.3) is 5.70 Å². The zero-order valence-corrected chi connectivity index (χ0v) is 8.59. The molecule has 0 aromatic carbocycles. The average Bonchev–Trinajstić information content (AvgIpc) is 2.29. The van der Waals surface area contributed by atoms with Crippen molar-refractivity contribution in [1.82, 2.24) is 4.98 Å². The van der Waals surface area contributed by atoms with Gasteiger partial charge in [0, 0.05) is 29.9 Å². The third-order valence-electron chi connectivity index (χ3n) is 1.75. The number of pyridine rings is 1. The topological polar surface area (TPSA) is 68.1 Å². The molecule has 0 unspecified atom stereocenters. The van der Waals surface area contributed by atoms with Crippen molar-refractivity contribution in [3.05, 3.63) is 71.3 Å². The van der Waals surface area contributed by atoms with Gasteiger partial charge < -0.3 is 5.32 Å². The molecule has 0 fully saturated rings. The highest BCUT2D eigenvalue weighted by Gasteiger charge is 2.03. The van der Waals surface area contributed by atoms with Crippen LogP contribution in [0.15, 0.2) is 61.2 Å². The lowest BCUT2D eigenvalue weighted by atomic mass is 10.3. The van der Waals surface area contributed by atoms with Gasteiger partial charge in [-0.25, -0.2) is 0 Å². The second kappa shape index (κ2) is 5.45. The summed E-state index contributed by atoms with van der Waals surface area (Å²) in [5.41, 5.74) is 1.08. The van der Waals surface area contributed by atoms with E-state index >= 15 is 0 Å². The predicted octanol–water partition coefficient (Wildman–Crippen LogP) is 2.35. The Bertz CT molecular complexity index is 438. The number of rotatable bonds is 5. The lowest BCUT2D eigenvalue weighted by Crippen LogP contribution is -2.00. The third kappa shape index (κ3) is 3.38. The molecule has 0 spiro atoms. The Labute approximate surface area is 93.0 Å². The first kappa shape index (κ1) is 11.6. The highest BCUT2D eigenvalue weighted by atomic mass is 16.6. The van der Waals surface area contributed by atoms with Gasteiger partial charge in [-0.1, -0.05) is 6.58 Å². The molecule has 1 aromatic heterocycles. The fraction of sp³-hybridized carbons (Fsp3) is 0. The molecule has 0 atom stereocenters. The molecule has 0 amide bonds. The molecule has 0 saturated carbocycles. The molecule has 5 nitrogen and oxygen atoms in total. The maximum atomic E-state index is 10.4. The predicted molar refractivity (Wildman–Crippen MR) is 62.3 cm³/mol. The molecule has 0 aliphatic rings. The Morgan fingerprint density at radius 3 is 2.62 bits per heavy atom. The molecule has 82 valence electrons. The first-order valence-electron chi connectivity index (χ1n) is 4.48. The maximum Gasteiger partial charge on any atom is 0.264 e. The Hall–Kier alpha value is -2.43. The van der Waals surface area contributed by atoms with Gasteiger partial charge >= 0.3 is 0 Å². The standard InChI is InChI=1S/C11H11N3O2/c1-3-10(8-9(2)14(15)16)13-11-4-6-12-7-5-11/h3-8H,1-2H2,(H,12,13)/b10-8+. The summed E-state index contributed by atoms with van der Waals surface area (Å²) in [5.74, 6) is 0. The zero-order chi connectivity index (χ0) is 12.0. The summed E-state index contributed by atoms with van der Waals surface area (Å²) in [5, 5.41) is 13.3. The first-order chi connectivity index (χ1) is 7.63. The van der Waals surface area contributed by atoms with Crippen LogP contribution < -0.4 is 5.32 Å². The quantitative estimate of drug-likeness (QED) is 0.467. The van der Waals surface area contributed by atoms with Crippen molar-refractivity contribution in [2.45, 2.75) is 0 Å². The Morgan fingerprint density at radius 1 is 1.50 bits per heavy atom. The van der Waals surface area contributed by atoms with Gasteiger partial charge in [-0.3, -0.25) is 15.1 Å². The molecule has 0 bridgehead atoms. The molecule has 5 heteroatoms. The van der Waals surface area contributed by atoms with E-state index in [-0.39, 0.29) is 5.70 Å². The molecule has 0 radical (unpaired) electrons. The SMILES string of the molecule is C=C/C(=C\C(=C)[N+](=O)[O-])Nc1ccncc1. The van der Waals surface area contributed by atoms with Crippen LogP contribution in [0.3, 0.4) is 0 Å². The van der Waals surface area contributed by atoms with Crippen LogP contribution in [0.1, 0.15) is 0 Å². The summed E-state index contributed by atoms with van der Waals surface area (Å²) in [6, 6.07) is 3.48. The van der Waals surface area contributed by atoms with Crippen LogP contribution in [0.4, 0.5) is 5.69 Å². The number of allylic oxidation sites excluding steroid dienone is 2. The Morgan fingerprint density at radius 2 is 2.12 bits per heavy atom. The van der Waals surface area contributed by atoms with Gasteiger partial charge in [-0.2, -0.15) is 0 Å². The zero-order valence-electron chi connectivity index (χ0n) is 8.59. The second-order valence-corrected chi connectivity index (χ2v) is 2.91. The molecule has 0 aliphatic heterocycles. The highest BCUT2D eigenvalue weighted by Crippen LogP contribution is 2.10. The van der Waals surface area contributed by atoms with Crippen molar-refractivity contribution in [2.24, 2.45) is 0 Å². The van der Waals surface area contributed by atoms with Gasteiger partial charge in [0.15, 0.2) is 0 Å². The van der Waals surface area contributed by atoms with Crippen LogP contribution in [0.25, 0.3) is 0 Å². The van der Waals surface area contributed by atoms with E-state index in [0.29, 0.717) is 5.70 Å². The Balaban J connectivity index is 2.81. The minimum absolute atomic E-state index is 0.198. The van der Waals surface area contributed by atoms with Crippen LogP contribution in [-0.2, 0) is 0 Å². The molecule has 0 saturated heterocycles. The van der Waals surface area contributed by atoms with Gasteiger partial charge in [-0.15, -0.1) is 0 Å². The number of nitrogens with zero attached hydrogens (tertiary/aromatic N) is 2. The van der Waals surface area contributed by atoms with Gasteiger partial charge in [0.1, 0.15) is 0 Å². The Kier molecular flexibility index (Phi) is 3.97. The van der Waals surface area contributed by atoms with Gasteiger partial charge in [-0.05, 0) is 24.8 Å². The van der Waals surface area contributed by atoms with Crippen LogP contribution in [0, 0.1) is 10.1 Å². The van der Waals surface area contributed by atoms with Crippen molar-refractivity contribution in [1.29, 1.82) is 0 Å². The fourth-order valence-corrected chi connectivity index (χ4v) is 0.980. The normalized spacial score (nSPS) is 10.6. The van der Waals surface area contributed by atoms with Crippen LogP contribution in [0.5, 0.6) is 0 Å². The van der Waals surface area contributed by atoms with Gasteiger partial charge in [0.2, 0.25) is 0 Å². The molecular weight excluding hydrogens is 206 g/mol. The lowest BCUT2D eigenvalue weighted by Gasteiger charge is -2.05. The van der Waals surface area contributed by atoms with Crippen molar-refractivity contribution in [3.8, 4) is 0 Å². The number of aromatic nitrogens is 1. The molecule has 1 heterocycles. The van der Waals surface area contributed by atoms with Crippen LogP contribution in [-0.4, -0.2) is 9.91 Å². The molecular formula is C11H11N3O2. The number of nitrogens with one attached hydrogen (secondary N) is 1. The van der Waals surface area contributed by atoms with Crippen molar-refractivity contribution < 1.29 is 4.92 Å². The number of hydrogen-bond acceptors (Lipinski definition) is 4. The molecule has 1 rings (SSSR count). The average molecular weight is 217 g/mol. The largest absolute Gasteiger partial charge is 0.355 e. The third-order valence-corrected chi connectivity index (χ3v) is 1.75. The van der Waals surface area contributed by atoms with Crippen molar-refractivity contribution in [2.75, 3.05) is 5.32 Å². The van der Waals surface area contributed by atoms with E-state index in [2.05, 4.69) is 23.5 Å². The van der Waals surface area contributed by atoms with E-state index in [1.54, 1.807) is 24.5 Å². The smallest absolute Gasteiger partial charge is 0.264 e. The van der Waals surface area contributed by atoms with Crippen molar-refractivity contribution in [3.63, 3.8) is 0 Å². The summed E-state index contributed by atoms with van der Waals surface area (Å²) in [6.45, 7) is 6.87. The molecule has 16 heavy (non-hydrogen) atoms. The molecule has 1 N–H and O–H groups in total. The van der Waals surface area contributed by atoms with Crippen LogP contribution in [0.2, 0.25) is 0 Å². The minimum Gasteiger partial charge on any atom is -0.355 e. The van der Waals surface area contributed by atoms with E-state index in [9.17, 15) is 10.1 Å². The van der Waals surface area contributed by atoms with E-state index < -0.39 is 4.92 Å². The monoisotopic (exact) mass is 217 g/mol.